The van der Waals surface area contributed by atoms with Gasteiger partial charge in [0, 0.05) is 6.08 Å². The van der Waals surface area contributed by atoms with Gasteiger partial charge in [-0.1, -0.05) is 37.1 Å². The Hall–Kier alpha value is -1.64. The Morgan fingerprint density at radius 2 is 1.76 bits per heavy atom. The summed E-state index contributed by atoms with van der Waals surface area (Å²) in [5.41, 5.74) is 1.03. The van der Waals surface area contributed by atoms with Gasteiger partial charge in [0.15, 0.2) is 11.6 Å². The molecule has 0 spiro atoms. The van der Waals surface area contributed by atoms with Gasteiger partial charge >= 0.3 is 0 Å². The number of hydrogen-bond donors (Lipinski definition) is 0. The molecule has 3 atom stereocenters. The zero-order valence-corrected chi connectivity index (χ0v) is 16.7. The smallest absolute Gasteiger partial charge is 0.173 e. The van der Waals surface area contributed by atoms with E-state index in [1.165, 1.54) is 5.57 Å². The van der Waals surface area contributed by atoms with Gasteiger partial charge in [-0.3, -0.25) is 9.59 Å². The van der Waals surface area contributed by atoms with Crippen molar-refractivity contribution in [1.82, 2.24) is 0 Å². The third-order valence-corrected chi connectivity index (χ3v) is 6.28. The van der Waals surface area contributed by atoms with Gasteiger partial charge in [-0.2, -0.15) is 0 Å². The van der Waals surface area contributed by atoms with Gasteiger partial charge in [-0.05, 0) is 58.3 Å². The van der Waals surface area contributed by atoms with Crippen LogP contribution in [0.2, 0.25) is 0 Å². The van der Waals surface area contributed by atoms with E-state index in [-0.39, 0.29) is 23.4 Å². The van der Waals surface area contributed by atoms with Crippen LogP contribution >= 0.6 is 0 Å². The van der Waals surface area contributed by atoms with Crippen LogP contribution in [0.5, 0.6) is 0 Å². The van der Waals surface area contributed by atoms with E-state index in [0.717, 1.165) is 18.4 Å². The van der Waals surface area contributed by atoms with Crippen LogP contribution in [0.4, 0.5) is 0 Å². The fraction of sp³-hybridized carbons (Fsp3) is 0.636. The Balaban J connectivity index is 2.61. The van der Waals surface area contributed by atoms with E-state index in [4.69, 9.17) is 4.74 Å². The predicted octanol–water partition coefficient (Wildman–Crippen LogP) is 5.03. The molecule has 0 aromatic heterocycles. The molecule has 0 saturated heterocycles. The number of rotatable bonds is 5. The molecular weight excluding hydrogens is 312 g/mol. The van der Waals surface area contributed by atoms with Gasteiger partial charge in [-0.15, -0.1) is 0 Å². The number of allylic oxidation sites excluding steroid dienone is 6. The monoisotopic (exact) mass is 344 g/mol. The first kappa shape index (κ1) is 19.7. The van der Waals surface area contributed by atoms with E-state index in [1.807, 2.05) is 19.9 Å². The minimum Gasteiger partial charge on any atom is -0.500 e. The number of carbonyl (C=O) groups is 2. The molecule has 0 aliphatic heterocycles. The average molecular weight is 344 g/mol. The van der Waals surface area contributed by atoms with Crippen molar-refractivity contribution in [3.05, 3.63) is 35.1 Å². The standard InChI is InChI=1S/C22H32O3/c1-14(2)8-9-16-12-17-18(25-7)13-19(23)22(20(17)24,21(16,5)6)11-10-15(3)4/h8,10,13,16-17H,9,11-12H2,1-7H3/t16-,17+,22-/m0/s1. The lowest BCUT2D eigenvalue weighted by Crippen LogP contribution is -2.61. The van der Waals surface area contributed by atoms with Crippen molar-refractivity contribution in [2.75, 3.05) is 7.11 Å². The minimum atomic E-state index is -0.977. The van der Waals surface area contributed by atoms with Gasteiger partial charge in [0.05, 0.1) is 13.0 Å². The number of methoxy groups -OCH3 is 1. The average Bonchev–Trinajstić information content (AvgIpc) is 2.50. The molecule has 138 valence electrons. The Labute approximate surface area is 152 Å². The third-order valence-electron chi connectivity index (χ3n) is 6.28. The van der Waals surface area contributed by atoms with Gasteiger partial charge < -0.3 is 4.74 Å². The Kier molecular flexibility index (Phi) is 5.46. The van der Waals surface area contributed by atoms with Crippen molar-refractivity contribution >= 4 is 11.6 Å². The van der Waals surface area contributed by atoms with Crippen LogP contribution in [0, 0.1) is 22.7 Å². The molecule has 0 aromatic carbocycles. The van der Waals surface area contributed by atoms with Crippen molar-refractivity contribution in [2.24, 2.45) is 22.7 Å². The Bertz CT molecular complexity index is 655. The number of fused-ring (bicyclic) bond motifs is 2. The summed E-state index contributed by atoms with van der Waals surface area (Å²) in [6, 6.07) is 0. The highest BCUT2D eigenvalue weighted by molar-refractivity contribution is 6.17. The normalized spacial score (nSPS) is 30.4. The van der Waals surface area contributed by atoms with Gasteiger partial charge in [0.25, 0.3) is 0 Å². The molecule has 0 N–H and O–H groups in total. The summed E-state index contributed by atoms with van der Waals surface area (Å²) >= 11 is 0. The second-order valence-corrected chi connectivity index (χ2v) is 8.59. The summed E-state index contributed by atoms with van der Waals surface area (Å²) < 4.78 is 5.42. The summed E-state index contributed by atoms with van der Waals surface area (Å²) in [5.74, 6) is 0.471. The highest BCUT2D eigenvalue weighted by Gasteiger charge is 2.64. The van der Waals surface area contributed by atoms with Crippen molar-refractivity contribution < 1.29 is 14.3 Å². The predicted molar refractivity (Wildman–Crippen MR) is 101 cm³/mol. The molecule has 1 saturated carbocycles. The van der Waals surface area contributed by atoms with Gasteiger partial charge in [-0.25, -0.2) is 0 Å². The molecule has 0 radical (unpaired) electrons. The molecule has 1 fully saturated rings. The molecule has 0 aromatic rings. The third kappa shape index (κ3) is 3.14. The van der Waals surface area contributed by atoms with Crippen LogP contribution in [0.1, 0.15) is 60.8 Å². The fourth-order valence-electron chi connectivity index (χ4n) is 4.48. The topological polar surface area (TPSA) is 43.4 Å². The largest absolute Gasteiger partial charge is 0.500 e. The van der Waals surface area contributed by atoms with E-state index < -0.39 is 10.8 Å². The summed E-state index contributed by atoms with van der Waals surface area (Å²) in [5, 5.41) is 0. The molecule has 0 amide bonds. The lowest BCUT2D eigenvalue weighted by molar-refractivity contribution is -0.162. The Morgan fingerprint density at radius 1 is 1.16 bits per heavy atom. The van der Waals surface area contributed by atoms with Crippen LogP contribution in [-0.2, 0) is 14.3 Å². The first-order valence-corrected chi connectivity index (χ1v) is 9.19. The zero-order valence-electron chi connectivity index (χ0n) is 16.7. The lowest BCUT2D eigenvalue weighted by atomic mass is 9.45. The van der Waals surface area contributed by atoms with Crippen LogP contribution < -0.4 is 0 Å². The molecule has 2 aliphatic rings. The summed E-state index contributed by atoms with van der Waals surface area (Å²) in [6.45, 7) is 12.4. The van der Waals surface area contributed by atoms with E-state index in [1.54, 1.807) is 13.2 Å². The molecule has 3 heteroatoms. The quantitative estimate of drug-likeness (QED) is 0.519. The molecular formula is C22H32O3. The number of Topliss-reactive ketones (excluding diaryl/α,β-unsaturated/α-hetero) is 1. The van der Waals surface area contributed by atoms with E-state index in [0.29, 0.717) is 12.2 Å². The molecule has 0 heterocycles. The van der Waals surface area contributed by atoms with E-state index in [9.17, 15) is 9.59 Å². The highest BCUT2D eigenvalue weighted by atomic mass is 16.5. The molecule has 25 heavy (non-hydrogen) atoms. The van der Waals surface area contributed by atoms with E-state index >= 15 is 0 Å². The van der Waals surface area contributed by atoms with Crippen LogP contribution in [0.15, 0.2) is 35.1 Å². The summed E-state index contributed by atoms with van der Waals surface area (Å²) in [4.78, 5) is 26.6. The zero-order chi connectivity index (χ0) is 19.0. The molecule has 3 nitrogen and oxygen atoms in total. The van der Waals surface area contributed by atoms with Crippen molar-refractivity contribution in [3.8, 4) is 0 Å². The van der Waals surface area contributed by atoms with Crippen molar-refractivity contribution in [2.45, 2.75) is 60.8 Å². The fourth-order valence-corrected chi connectivity index (χ4v) is 4.48. The lowest BCUT2D eigenvalue weighted by Gasteiger charge is -2.55. The molecule has 0 unspecified atom stereocenters. The number of carbonyl (C=O) groups excluding carboxylic acids is 2. The van der Waals surface area contributed by atoms with Gasteiger partial charge in [0.1, 0.15) is 11.2 Å². The summed E-state index contributed by atoms with van der Waals surface area (Å²) in [6.07, 6.45) is 7.98. The maximum atomic E-state index is 13.4. The van der Waals surface area contributed by atoms with Crippen molar-refractivity contribution in [3.63, 3.8) is 0 Å². The SMILES string of the molecule is COC1=CC(=O)[C@@]2(CC=C(C)C)C(=O)[C@@H]1C[C@H](CC=C(C)C)C2(C)C. The van der Waals surface area contributed by atoms with Gasteiger partial charge in [0.2, 0.25) is 0 Å². The maximum Gasteiger partial charge on any atom is 0.173 e. The molecule has 2 bridgehead atoms. The Morgan fingerprint density at radius 3 is 2.28 bits per heavy atom. The second-order valence-electron chi connectivity index (χ2n) is 8.59. The first-order valence-electron chi connectivity index (χ1n) is 9.19. The van der Waals surface area contributed by atoms with Crippen LogP contribution in [-0.4, -0.2) is 18.7 Å². The number of ether oxygens (including phenoxy) is 1. The molecule has 2 rings (SSSR count). The number of hydrogen-bond acceptors (Lipinski definition) is 3. The van der Waals surface area contributed by atoms with E-state index in [2.05, 4.69) is 33.8 Å². The summed E-state index contributed by atoms with van der Waals surface area (Å²) in [7, 11) is 1.56. The number of ketones is 2. The maximum absolute atomic E-state index is 13.4. The minimum absolute atomic E-state index is 0.0489. The molecule has 2 aliphatic carbocycles. The van der Waals surface area contributed by atoms with Crippen LogP contribution in [0.25, 0.3) is 0 Å². The second kappa shape index (κ2) is 6.93. The van der Waals surface area contributed by atoms with Crippen LogP contribution in [0.3, 0.4) is 0 Å². The first-order chi connectivity index (χ1) is 11.6. The highest BCUT2D eigenvalue weighted by Crippen LogP contribution is 2.60. The van der Waals surface area contributed by atoms with Crippen molar-refractivity contribution in [1.29, 1.82) is 0 Å².